The summed E-state index contributed by atoms with van der Waals surface area (Å²) in [6.07, 6.45) is 3.49. The van der Waals surface area contributed by atoms with Gasteiger partial charge in [-0.15, -0.1) is 0 Å². The Labute approximate surface area is 97.3 Å². The van der Waals surface area contributed by atoms with E-state index in [1.807, 2.05) is 13.8 Å². The van der Waals surface area contributed by atoms with Crippen LogP contribution in [-0.4, -0.2) is 18.2 Å². The summed E-state index contributed by atoms with van der Waals surface area (Å²) in [5, 5.41) is 0. The Morgan fingerprint density at radius 3 is 1.62 bits per heavy atom. The number of ether oxygens (including phenoxy) is 2. The molecule has 16 heavy (non-hydrogen) atoms. The molecule has 0 rings (SSSR count). The first-order valence-corrected chi connectivity index (χ1v) is 5.99. The van der Waals surface area contributed by atoms with Crippen LogP contribution in [0.25, 0.3) is 0 Å². The third-order valence-electron chi connectivity index (χ3n) is 2.06. The summed E-state index contributed by atoms with van der Waals surface area (Å²) in [4.78, 5) is 22.4. The van der Waals surface area contributed by atoms with Crippen molar-refractivity contribution in [1.82, 2.24) is 0 Å². The van der Waals surface area contributed by atoms with E-state index >= 15 is 0 Å². The van der Waals surface area contributed by atoms with E-state index in [9.17, 15) is 9.59 Å². The van der Waals surface area contributed by atoms with Gasteiger partial charge in [-0.25, -0.2) is 0 Å². The first-order chi connectivity index (χ1) is 7.60. The van der Waals surface area contributed by atoms with Gasteiger partial charge in [0.05, 0.1) is 0 Å². The predicted molar refractivity (Wildman–Crippen MR) is 60.7 cm³/mol. The molecule has 0 atom stereocenters. The molecule has 0 saturated carbocycles. The van der Waals surface area contributed by atoms with Crippen molar-refractivity contribution in [1.29, 1.82) is 0 Å². The van der Waals surface area contributed by atoms with Gasteiger partial charge in [0.25, 0.3) is 0 Å². The maximum Gasteiger partial charge on any atom is 0.308 e. The molecule has 0 N–H and O–H groups in total. The molecular formula is C12H22O4. The van der Waals surface area contributed by atoms with Gasteiger partial charge >= 0.3 is 11.9 Å². The first kappa shape index (κ1) is 14.9. The molecule has 94 valence electrons. The van der Waals surface area contributed by atoms with Crippen LogP contribution in [0, 0.1) is 0 Å². The molecule has 4 heteroatoms. The van der Waals surface area contributed by atoms with Gasteiger partial charge in [-0.1, -0.05) is 26.7 Å². The highest BCUT2D eigenvalue weighted by atomic mass is 16.7. The van der Waals surface area contributed by atoms with Crippen molar-refractivity contribution >= 4 is 11.9 Å². The molecule has 0 aromatic carbocycles. The number of esters is 2. The number of rotatable bonds is 8. The van der Waals surface area contributed by atoms with Crippen LogP contribution in [0.3, 0.4) is 0 Å². The van der Waals surface area contributed by atoms with Crippen molar-refractivity contribution in [2.24, 2.45) is 0 Å². The molecule has 0 aliphatic rings. The Morgan fingerprint density at radius 1 is 0.938 bits per heavy atom. The van der Waals surface area contributed by atoms with E-state index in [1.54, 1.807) is 6.92 Å². The summed E-state index contributed by atoms with van der Waals surface area (Å²) in [5.41, 5.74) is 0. The van der Waals surface area contributed by atoms with E-state index in [1.165, 1.54) is 0 Å². The van der Waals surface area contributed by atoms with Crippen molar-refractivity contribution in [3.05, 3.63) is 0 Å². The highest BCUT2D eigenvalue weighted by molar-refractivity contribution is 5.71. The number of carbonyl (C=O) groups excluding carboxylic acids is 2. The molecule has 0 fully saturated rings. The van der Waals surface area contributed by atoms with Gasteiger partial charge in [-0.05, 0) is 12.8 Å². The minimum atomic E-state index is -0.770. The fraction of sp³-hybridized carbons (Fsp3) is 0.833. The van der Waals surface area contributed by atoms with Crippen molar-refractivity contribution in [3.8, 4) is 0 Å². The lowest BCUT2D eigenvalue weighted by atomic mass is 10.2. The third kappa shape index (κ3) is 8.26. The maximum atomic E-state index is 11.2. The van der Waals surface area contributed by atoms with Crippen LogP contribution in [-0.2, 0) is 19.1 Å². The zero-order valence-electron chi connectivity index (χ0n) is 10.5. The van der Waals surface area contributed by atoms with E-state index in [-0.39, 0.29) is 11.9 Å². The number of hydrogen-bond donors (Lipinski definition) is 0. The molecular weight excluding hydrogens is 208 g/mol. The second-order valence-corrected chi connectivity index (χ2v) is 3.75. The van der Waals surface area contributed by atoms with E-state index in [2.05, 4.69) is 0 Å². The Morgan fingerprint density at radius 2 is 1.31 bits per heavy atom. The van der Waals surface area contributed by atoms with Gasteiger partial charge in [0.2, 0.25) is 6.29 Å². The summed E-state index contributed by atoms with van der Waals surface area (Å²) in [6.45, 7) is 5.57. The second-order valence-electron chi connectivity index (χ2n) is 3.75. The Kier molecular flexibility index (Phi) is 8.58. The normalized spacial score (nSPS) is 10.2. The van der Waals surface area contributed by atoms with Crippen LogP contribution in [0.15, 0.2) is 0 Å². The van der Waals surface area contributed by atoms with Gasteiger partial charge in [0, 0.05) is 19.8 Å². The smallest absolute Gasteiger partial charge is 0.308 e. The average Bonchev–Trinajstić information content (AvgIpc) is 2.23. The topological polar surface area (TPSA) is 52.6 Å². The van der Waals surface area contributed by atoms with Gasteiger partial charge < -0.3 is 9.47 Å². The van der Waals surface area contributed by atoms with Crippen LogP contribution >= 0.6 is 0 Å². The van der Waals surface area contributed by atoms with Crippen LogP contribution in [0.2, 0.25) is 0 Å². The summed E-state index contributed by atoms with van der Waals surface area (Å²) < 4.78 is 9.84. The zero-order chi connectivity index (χ0) is 12.4. The van der Waals surface area contributed by atoms with Crippen LogP contribution < -0.4 is 0 Å². The summed E-state index contributed by atoms with van der Waals surface area (Å²) in [5.74, 6) is -0.615. The molecule has 0 aliphatic carbocycles. The molecule has 0 aliphatic heterocycles. The molecule has 0 spiro atoms. The van der Waals surface area contributed by atoms with Gasteiger partial charge in [0.15, 0.2) is 0 Å². The monoisotopic (exact) mass is 230 g/mol. The van der Waals surface area contributed by atoms with E-state index < -0.39 is 6.29 Å². The molecule has 4 nitrogen and oxygen atoms in total. The highest BCUT2D eigenvalue weighted by Gasteiger charge is 2.13. The Hall–Kier alpha value is -1.06. The Bertz CT molecular complexity index is 191. The van der Waals surface area contributed by atoms with Crippen molar-refractivity contribution in [2.75, 3.05) is 0 Å². The Balaban J connectivity index is 3.67. The minimum absolute atomic E-state index is 0.308. The van der Waals surface area contributed by atoms with Crippen LogP contribution in [0.5, 0.6) is 0 Å². The van der Waals surface area contributed by atoms with Crippen molar-refractivity contribution in [3.63, 3.8) is 0 Å². The summed E-state index contributed by atoms with van der Waals surface area (Å²) in [7, 11) is 0. The fourth-order valence-electron chi connectivity index (χ4n) is 1.15. The lowest BCUT2D eigenvalue weighted by Gasteiger charge is -2.13. The fourth-order valence-corrected chi connectivity index (χ4v) is 1.15. The molecule has 0 bridgehead atoms. The third-order valence-corrected chi connectivity index (χ3v) is 2.06. The SMILES string of the molecule is CCCCC(=O)OC(C)OC(=O)CCCC. The highest BCUT2D eigenvalue weighted by Crippen LogP contribution is 2.04. The molecule has 0 aromatic heterocycles. The van der Waals surface area contributed by atoms with E-state index in [0.29, 0.717) is 12.8 Å². The lowest BCUT2D eigenvalue weighted by Crippen LogP contribution is -2.21. The lowest BCUT2D eigenvalue weighted by molar-refractivity contribution is -0.184. The number of carbonyl (C=O) groups is 2. The summed E-state index contributed by atoms with van der Waals surface area (Å²) in [6, 6.07) is 0. The van der Waals surface area contributed by atoms with Gasteiger partial charge in [-0.3, -0.25) is 9.59 Å². The first-order valence-electron chi connectivity index (χ1n) is 5.99. The standard InChI is InChI=1S/C12H22O4/c1-4-6-8-11(13)15-10(3)16-12(14)9-7-5-2/h10H,4-9H2,1-3H3. The zero-order valence-corrected chi connectivity index (χ0v) is 10.5. The van der Waals surface area contributed by atoms with E-state index in [0.717, 1.165) is 25.7 Å². The molecule has 0 saturated heterocycles. The minimum Gasteiger partial charge on any atom is -0.425 e. The largest absolute Gasteiger partial charge is 0.425 e. The molecule has 0 amide bonds. The quantitative estimate of drug-likeness (QED) is 0.475. The molecule has 0 aromatic rings. The molecule has 0 radical (unpaired) electrons. The van der Waals surface area contributed by atoms with Gasteiger partial charge in [-0.2, -0.15) is 0 Å². The predicted octanol–water partition coefficient (Wildman–Crippen LogP) is 2.80. The average molecular weight is 230 g/mol. The van der Waals surface area contributed by atoms with Gasteiger partial charge in [0.1, 0.15) is 0 Å². The number of hydrogen-bond acceptors (Lipinski definition) is 4. The molecule has 0 heterocycles. The molecule has 0 unspecified atom stereocenters. The maximum absolute atomic E-state index is 11.2. The van der Waals surface area contributed by atoms with E-state index in [4.69, 9.17) is 9.47 Å². The van der Waals surface area contributed by atoms with Crippen LogP contribution in [0.4, 0.5) is 0 Å². The second kappa shape index (κ2) is 9.19. The van der Waals surface area contributed by atoms with Crippen molar-refractivity contribution in [2.45, 2.75) is 65.6 Å². The van der Waals surface area contributed by atoms with Crippen molar-refractivity contribution < 1.29 is 19.1 Å². The van der Waals surface area contributed by atoms with Crippen LogP contribution in [0.1, 0.15) is 59.3 Å². The number of unbranched alkanes of at least 4 members (excludes halogenated alkanes) is 2. The summed E-state index contributed by atoms with van der Waals surface area (Å²) >= 11 is 0.